The molecule has 1 amide bonds. The SMILES string of the molecule is Cc1cc(C)n(CCCNC(=O)[C@H]2[C@@H](C(=O)O)C2(C)C)n1. The summed E-state index contributed by atoms with van der Waals surface area (Å²) in [6.07, 6.45) is 0.776. The molecule has 6 nitrogen and oxygen atoms in total. The van der Waals surface area contributed by atoms with Gasteiger partial charge >= 0.3 is 5.97 Å². The average molecular weight is 293 g/mol. The topological polar surface area (TPSA) is 84.2 Å². The van der Waals surface area contributed by atoms with E-state index in [0.717, 1.165) is 24.4 Å². The fourth-order valence-electron chi connectivity index (χ4n) is 3.04. The molecule has 0 aromatic carbocycles. The molecule has 1 fully saturated rings. The normalized spacial score (nSPS) is 22.9. The zero-order valence-electron chi connectivity index (χ0n) is 13.0. The van der Waals surface area contributed by atoms with Gasteiger partial charge in [-0.15, -0.1) is 0 Å². The monoisotopic (exact) mass is 293 g/mol. The first-order valence-electron chi connectivity index (χ1n) is 7.26. The molecule has 1 aromatic rings. The molecule has 1 heterocycles. The number of carboxylic acid groups (broad SMARTS) is 1. The minimum atomic E-state index is -0.886. The Morgan fingerprint density at radius 1 is 1.38 bits per heavy atom. The molecule has 21 heavy (non-hydrogen) atoms. The highest BCUT2D eigenvalue weighted by atomic mass is 16.4. The minimum absolute atomic E-state index is 0.152. The fourth-order valence-corrected chi connectivity index (χ4v) is 3.04. The van der Waals surface area contributed by atoms with Crippen molar-refractivity contribution in [3.05, 3.63) is 17.5 Å². The summed E-state index contributed by atoms with van der Waals surface area (Å²) in [5.74, 6) is -2.01. The number of carbonyl (C=O) groups excluding carboxylic acids is 1. The van der Waals surface area contributed by atoms with Crippen LogP contribution in [0.25, 0.3) is 0 Å². The van der Waals surface area contributed by atoms with E-state index in [-0.39, 0.29) is 5.91 Å². The number of carboxylic acids is 1. The second kappa shape index (κ2) is 5.50. The number of nitrogens with zero attached hydrogens (tertiary/aromatic N) is 2. The van der Waals surface area contributed by atoms with Gasteiger partial charge in [-0.05, 0) is 31.7 Å². The molecule has 2 N–H and O–H groups in total. The van der Waals surface area contributed by atoms with Crippen LogP contribution in [0.15, 0.2) is 6.07 Å². The van der Waals surface area contributed by atoms with Crippen LogP contribution in [0.5, 0.6) is 0 Å². The van der Waals surface area contributed by atoms with Crippen LogP contribution in [0.4, 0.5) is 0 Å². The molecular formula is C15H23N3O3. The summed E-state index contributed by atoms with van der Waals surface area (Å²) in [5.41, 5.74) is 1.65. The van der Waals surface area contributed by atoms with Crippen LogP contribution in [-0.2, 0) is 16.1 Å². The second-order valence-corrected chi connectivity index (χ2v) is 6.41. The van der Waals surface area contributed by atoms with Crippen LogP contribution >= 0.6 is 0 Å². The van der Waals surface area contributed by atoms with Crippen LogP contribution in [-0.4, -0.2) is 33.3 Å². The molecule has 116 valence electrons. The molecule has 2 atom stereocenters. The summed E-state index contributed by atoms with van der Waals surface area (Å²) < 4.78 is 1.92. The number of carbonyl (C=O) groups is 2. The van der Waals surface area contributed by atoms with Gasteiger partial charge in [-0.1, -0.05) is 13.8 Å². The highest BCUT2D eigenvalue weighted by molar-refractivity contribution is 5.91. The maximum absolute atomic E-state index is 12.0. The number of aliphatic carboxylic acids is 1. The van der Waals surface area contributed by atoms with Gasteiger partial charge in [-0.2, -0.15) is 5.10 Å². The number of nitrogens with one attached hydrogen (secondary N) is 1. The second-order valence-electron chi connectivity index (χ2n) is 6.41. The van der Waals surface area contributed by atoms with Crippen molar-refractivity contribution in [1.29, 1.82) is 0 Å². The number of aromatic nitrogens is 2. The quantitative estimate of drug-likeness (QED) is 0.776. The van der Waals surface area contributed by atoms with Crippen molar-refractivity contribution in [2.45, 2.75) is 40.7 Å². The van der Waals surface area contributed by atoms with Crippen molar-refractivity contribution in [3.8, 4) is 0 Å². The Morgan fingerprint density at radius 2 is 2.05 bits per heavy atom. The number of hydrogen-bond donors (Lipinski definition) is 2. The van der Waals surface area contributed by atoms with E-state index in [9.17, 15) is 9.59 Å². The molecule has 0 radical (unpaired) electrons. The van der Waals surface area contributed by atoms with Crippen LogP contribution in [0, 0.1) is 31.1 Å². The lowest BCUT2D eigenvalue weighted by Crippen LogP contribution is -2.29. The summed E-state index contributed by atoms with van der Waals surface area (Å²) in [4.78, 5) is 23.1. The first-order chi connectivity index (χ1) is 9.75. The van der Waals surface area contributed by atoms with Crippen molar-refractivity contribution in [2.75, 3.05) is 6.54 Å². The molecule has 6 heteroatoms. The summed E-state index contributed by atoms with van der Waals surface area (Å²) in [6.45, 7) is 8.89. The molecule has 0 unspecified atom stereocenters. The standard InChI is InChI=1S/C15H23N3O3/c1-9-8-10(2)18(17-9)7-5-6-16-13(19)11-12(14(20)21)15(11,3)4/h8,11-12H,5-7H2,1-4H3,(H,16,19)(H,20,21)/t11-,12+/m1/s1. The maximum Gasteiger partial charge on any atom is 0.307 e. The third-order valence-electron chi connectivity index (χ3n) is 4.33. The van der Waals surface area contributed by atoms with Crippen molar-refractivity contribution in [2.24, 2.45) is 17.3 Å². The van der Waals surface area contributed by atoms with Crippen molar-refractivity contribution < 1.29 is 14.7 Å². The van der Waals surface area contributed by atoms with Gasteiger partial charge in [0.25, 0.3) is 0 Å². The van der Waals surface area contributed by atoms with Gasteiger partial charge in [0.05, 0.1) is 17.5 Å². The van der Waals surface area contributed by atoms with E-state index in [4.69, 9.17) is 5.11 Å². The Bertz CT molecular complexity index is 563. The largest absolute Gasteiger partial charge is 0.481 e. The van der Waals surface area contributed by atoms with Crippen molar-refractivity contribution >= 4 is 11.9 Å². The first-order valence-corrected chi connectivity index (χ1v) is 7.26. The lowest BCUT2D eigenvalue weighted by molar-refractivity contribution is -0.140. The van der Waals surface area contributed by atoms with E-state index in [1.807, 2.05) is 38.4 Å². The van der Waals surface area contributed by atoms with E-state index in [0.29, 0.717) is 6.54 Å². The summed E-state index contributed by atoms with van der Waals surface area (Å²) >= 11 is 0. The molecule has 0 spiro atoms. The van der Waals surface area contributed by atoms with Crippen LogP contribution in [0.2, 0.25) is 0 Å². The Kier molecular flexibility index (Phi) is 4.07. The Balaban J connectivity index is 1.76. The zero-order chi connectivity index (χ0) is 15.8. The van der Waals surface area contributed by atoms with Gasteiger partial charge in [0.15, 0.2) is 0 Å². The third-order valence-corrected chi connectivity index (χ3v) is 4.33. The van der Waals surface area contributed by atoms with Gasteiger partial charge in [-0.3, -0.25) is 14.3 Å². The number of hydrogen-bond acceptors (Lipinski definition) is 3. The van der Waals surface area contributed by atoms with Crippen LogP contribution in [0.3, 0.4) is 0 Å². The van der Waals surface area contributed by atoms with E-state index in [1.165, 1.54) is 0 Å². The molecule has 0 bridgehead atoms. The average Bonchev–Trinajstić information content (AvgIpc) is 2.81. The molecule has 2 rings (SSSR count). The zero-order valence-corrected chi connectivity index (χ0v) is 13.0. The smallest absolute Gasteiger partial charge is 0.307 e. The van der Waals surface area contributed by atoms with Crippen molar-refractivity contribution in [1.82, 2.24) is 15.1 Å². The van der Waals surface area contributed by atoms with Crippen LogP contribution < -0.4 is 5.32 Å². The number of rotatable bonds is 6. The fraction of sp³-hybridized carbons (Fsp3) is 0.667. The van der Waals surface area contributed by atoms with Gasteiger partial charge in [0, 0.05) is 18.8 Å². The van der Waals surface area contributed by atoms with Gasteiger partial charge in [0.1, 0.15) is 0 Å². The Morgan fingerprint density at radius 3 is 2.52 bits per heavy atom. The number of aryl methyl sites for hydroxylation is 3. The number of amides is 1. The lowest BCUT2D eigenvalue weighted by atomic mass is 10.1. The highest BCUT2D eigenvalue weighted by Crippen LogP contribution is 2.58. The molecule has 1 saturated carbocycles. The molecule has 1 aliphatic rings. The lowest BCUT2D eigenvalue weighted by Gasteiger charge is -2.07. The Labute approximate surface area is 124 Å². The summed E-state index contributed by atoms with van der Waals surface area (Å²) in [6, 6.07) is 2.02. The third kappa shape index (κ3) is 3.09. The summed E-state index contributed by atoms with van der Waals surface area (Å²) in [5, 5.41) is 16.3. The molecule has 0 aliphatic heterocycles. The van der Waals surface area contributed by atoms with Crippen LogP contribution in [0.1, 0.15) is 31.7 Å². The van der Waals surface area contributed by atoms with Gasteiger partial charge in [0.2, 0.25) is 5.91 Å². The highest BCUT2D eigenvalue weighted by Gasteiger charge is 2.65. The van der Waals surface area contributed by atoms with Gasteiger partial charge < -0.3 is 10.4 Å². The van der Waals surface area contributed by atoms with E-state index < -0.39 is 23.2 Å². The molecular weight excluding hydrogens is 270 g/mol. The summed E-state index contributed by atoms with van der Waals surface area (Å²) in [7, 11) is 0. The molecule has 0 saturated heterocycles. The molecule has 1 aliphatic carbocycles. The molecule has 1 aromatic heterocycles. The van der Waals surface area contributed by atoms with E-state index in [2.05, 4.69) is 10.4 Å². The Hall–Kier alpha value is -1.85. The maximum atomic E-state index is 12.0. The van der Waals surface area contributed by atoms with Crippen molar-refractivity contribution in [3.63, 3.8) is 0 Å². The predicted molar refractivity (Wildman–Crippen MR) is 77.7 cm³/mol. The van der Waals surface area contributed by atoms with E-state index >= 15 is 0 Å². The predicted octanol–water partition coefficient (Wildman–Crippen LogP) is 1.36. The van der Waals surface area contributed by atoms with Gasteiger partial charge in [-0.25, -0.2) is 0 Å². The van der Waals surface area contributed by atoms with E-state index in [1.54, 1.807) is 0 Å². The minimum Gasteiger partial charge on any atom is -0.481 e. The first kappa shape index (κ1) is 15.5.